The van der Waals surface area contributed by atoms with E-state index >= 15 is 0 Å². The number of hydrogen-bond donors (Lipinski definition) is 0. The smallest absolute Gasteiger partial charge is 0.416 e. The Kier molecular flexibility index (Phi) is 7.87. The minimum atomic E-state index is -4.47. The zero-order valence-corrected chi connectivity index (χ0v) is 17.6. The van der Waals surface area contributed by atoms with Crippen LogP contribution in [0, 0.1) is 11.8 Å². The number of rotatable bonds is 6. The van der Waals surface area contributed by atoms with E-state index in [0.717, 1.165) is 17.7 Å². The van der Waals surface area contributed by atoms with Crippen molar-refractivity contribution in [3.8, 4) is 11.8 Å². The second-order valence-electron chi connectivity index (χ2n) is 7.33. The van der Waals surface area contributed by atoms with Gasteiger partial charge >= 0.3 is 12.1 Å². The molecule has 164 valence electrons. The molecule has 0 saturated heterocycles. The number of carbonyl (C=O) groups is 2. The molecule has 0 aliphatic rings. The van der Waals surface area contributed by atoms with Crippen LogP contribution < -0.4 is 0 Å². The lowest BCUT2D eigenvalue weighted by Crippen LogP contribution is -2.47. The molecule has 2 aromatic carbocycles. The molecule has 0 spiro atoms. The largest absolute Gasteiger partial charge is 0.466 e. The van der Waals surface area contributed by atoms with Gasteiger partial charge in [0.1, 0.15) is 6.42 Å². The van der Waals surface area contributed by atoms with Crippen LogP contribution in [0.5, 0.6) is 0 Å². The van der Waals surface area contributed by atoms with Crippen LogP contribution in [0.3, 0.4) is 0 Å². The third-order valence-electron chi connectivity index (χ3n) is 4.46. The number of halogens is 3. The van der Waals surface area contributed by atoms with Crippen LogP contribution in [0.4, 0.5) is 13.2 Å². The lowest BCUT2D eigenvalue weighted by atomic mass is 10.00. The summed E-state index contributed by atoms with van der Waals surface area (Å²) in [6.07, 6.45) is -4.92. The average Bonchev–Trinajstić information content (AvgIpc) is 2.71. The summed E-state index contributed by atoms with van der Waals surface area (Å²) in [6, 6.07) is 13.9. The molecular weight excluding hydrogens is 407 g/mol. The summed E-state index contributed by atoms with van der Waals surface area (Å²) in [5.41, 5.74) is -0.848. The number of hydrogen-bond acceptors (Lipinski definition) is 3. The molecule has 0 aliphatic heterocycles. The zero-order valence-electron chi connectivity index (χ0n) is 17.6. The van der Waals surface area contributed by atoms with Crippen molar-refractivity contribution in [3.05, 3.63) is 71.3 Å². The van der Waals surface area contributed by atoms with E-state index in [9.17, 15) is 22.8 Å². The fourth-order valence-corrected chi connectivity index (χ4v) is 2.86. The third-order valence-corrected chi connectivity index (χ3v) is 4.46. The van der Waals surface area contributed by atoms with Crippen LogP contribution in [0.15, 0.2) is 54.6 Å². The molecule has 0 radical (unpaired) electrons. The maximum absolute atomic E-state index is 13.0. The summed E-state index contributed by atoms with van der Waals surface area (Å²) in [5.74, 6) is 4.51. The lowest BCUT2D eigenvalue weighted by molar-refractivity contribution is -0.150. The molecule has 0 saturated carbocycles. The van der Waals surface area contributed by atoms with Gasteiger partial charge in [-0.2, -0.15) is 13.2 Å². The van der Waals surface area contributed by atoms with Crippen molar-refractivity contribution in [2.24, 2.45) is 0 Å². The highest BCUT2D eigenvalue weighted by Gasteiger charge is 2.32. The molecule has 0 heterocycles. The molecular formula is C24H24F3NO3. The first kappa shape index (κ1) is 24.0. The molecule has 0 N–H and O–H groups in total. The normalized spacial score (nSPS) is 11.3. The molecule has 0 aliphatic carbocycles. The van der Waals surface area contributed by atoms with E-state index in [-0.39, 0.29) is 18.7 Å². The van der Waals surface area contributed by atoms with Gasteiger partial charge < -0.3 is 9.64 Å². The molecule has 0 fully saturated rings. The van der Waals surface area contributed by atoms with Crippen molar-refractivity contribution in [2.75, 3.05) is 6.61 Å². The topological polar surface area (TPSA) is 46.6 Å². The van der Waals surface area contributed by atoms with E-state index in [2.05, 4.69) is 11.8 Å². The number of carbonyl (C=O) groups excluding carboxylic acids is 2. The minimum absolute atomic E-state index is 0.156. The maximum atomic E-state index is 13.0. The predicted molar refractivity (Wildman–Crippen MR) is 111 cm³/mol. The number of amides is 1. The first-order chi connectivity index (χ1) is 14.5. The van der Waals surface area contributed by atoms with Crippen molar-refractivity contribution < 1.29 is 27.5 Å². The Morgan fingerprint density at radius 1 is 1.03 bits per heavy atom. The van der Waals surface area contributed by atoms with E-state index < -0.39 is 35.6 Å². The molecule has 0 bridgehead atoms. The summed E-state index contributed by atoms with van der Waals surface area (Å²) in [5, 5.41) is 0. The second-order valence-corrected chi connectivity index (χ2v) is 7.33. The van der Waals surface area contributed by atoms with Gasteiger partial charge in [-0.3, -0.25) is 9.59 Å². The van der Waals surface area contributed by atoms with Crippen molar-refractivity contribution >= 4 is 11.9 Å². The summed E-state index contributed by atoms with van der Waals surface area (Å²) in [7, 11) is 0. The van der Waals surface area contributed by atoms with Crippen LogP contribution >= 0.6 is 0 Å². The summed E-state index contributed by atoms with van der Waals surface area (Å²) >= 11 is 0. The fourth-order valence-electron chi connectivity index (χ4n) is 2.86. The molecule has 7 heteroatoms. The van der Waals surface area contributed by atoms with E-state index in [1.807, 2.05) is 30.3 Å². The van der Waals surface area contributed by atoms with Crippen molar-refractivity contribution in [1.82, 2.24) is 4.90 Å². The minimum Gasteiger partial charge on any atom is -0.466 e. The van der Waals surface area contributed by atoms with Crippen LogP contribution in [-0.4, -0.2) is 28.9 Å². The Hall–Kier alpha value is -3.27. The van der Waals surface area contributed by atoms with E-state index in [4.69, 9.17) is 4.74 Å². The highest BCUT2D eigenvalue weighted by atomic mass is 19.4. The van der Waals surface area contributed by atoms with Crippen molar-refractivity contribution in [2.45, 2.75) is 45.5 Å². The first-order valence-corrected chi connectivity index (χ1v) is 9.73. The van der Waals surface area contributed by atoms with Gasteiger partial charge in [0.05, 0.1) is 17.7 Å². The van der Waals surface area contributed by atoms with Gasteiger partial charge in [-0.25, -0.2) is 0 Å². The first-order valence-electron chi connectivity index (χ1n) is 9.73. The van der Waals surface area contributed by atoms with Crippen LogP contribution in [0.1, 0.15) is 43.9 Å². The summed E-state index contributed by atoms with van der Waals surface area (Å²) in [6.45, 7) is 5.35. The Balaban J connectivity index is 2.34. The van der Waals surface area contributed by atoms with E-state index in [0.29, 0.717) is 0 Å². The van der Waals surface area contributed by atoms with Crippen LogP contribution in [0.2, 0.25) is 0 Å². The van der Waals surface area contributed by atoms with Gasteiger partial charge in [0.25, 0.3) is 0 Å². The standard InChI is InChI=1S/C24H24F3NO3/c1-4-31-22(30)16-21(29)28(17-19-9-6-5-7-10-19)23(2,3)14-13-18-11-8-12-20(15-18)24(25,26)27/h5-12,15H,4,16-17H2,1-3H3. The van der Waals surface area contributed by atoms with E-state index in [1.54, 1.807) is 20.8 Å². The third kappa shape index (κ3) is 7.18. The molecule has 1 amide bonds. The monoisotopic (exact) mass is 431 g/mol. The lowest BCUT2D eigenvalue weighted by Gasteiger charge is -2.35. The molecule has 31 heavy (non-hydrogen) atoms. The molecule has 4 nitrogen and oxygen atoms in total. The Bertz CT molecular complexity index is 973. The van der Waals surface area contributed by atoms with Gasteiger partial charge in [0, 0.05) is 12.1 Å². The summed E-state index contributed by atoms with van der Waals surface area (Å²) < 4.78 is 43.7. The van der Waals surface area contributed by atoms with Gasteiger partial charge in [0.15, 0.2) is 0 Å². The van der Waals surface area contributed by atoms with Gasteiger partial charge in [-0.15, -0.1) is 0 Å². The molecule has 2 rings (SSSR count). The Labute approximate surface area is 180 Å². The molecule has 0 atom stereocenters. The SMILES string of the molecule is CCOC(=O)CC(=O)N(Cc1ccccc1)C(C)(C)C#Cc1cccc(C(F)(F)F)c1. The molecule has 0 aromatic heterocycles. The van der Waals surface area contributed by atoms with Crippen LogP contribution in [0.25, 0.3) is 0 Å². The van der Waals surface area contributed by atoms with Crippen molar-refractivity contribution in [1.29, 1.82) is 0 Å². The van der Waals surface area contributed by atoms with Crippen molar-refractivity contribution in [3.63, 3.8) is 0 Å². The number of ether oxygens (including phenoxy) is 1. The predicted octanol–water partition coefficient (Wildman–Crippen LogP) is 4.82. The van der Waals surface area contributed by atoms with E-state index in [1.165, 1.54) is 17.0 Å². The maximum Gasteiger partial charge on any atom is 0.416 e. The Morgan fingerprint density at radius 3 is 2.32 bits per heavy atom. The number of esters is 1. The zero-order chi connectivity index (χ0) is 23.1. The average molecular weight is 431 g/mol. The Morgan fingerprint density at radius 2 is 1.71 bits per heavy atom. The summed E-state index contributed by atoms with van der Waals surface area (Å²) in [4.78, 5) is 26.2. The van der Waals surface area contributed by atoms with Crippen LogP contribution in [-0.2, 0) is 27.0 Å². The second kappa shape index (κ2) is 10.2. The van der Waals surface area contributed by atoms with Gasteiger partial charge in [-0.05, 0) is 44.5 Å². The number of alkyl halides is 3. The number of benzene rings is 2. The molecule has 2 aromatic rings. The molecule has 0 unspecified atom stereocenters. The van der Waals surface area contributed by atoms with Gasteiger partial charge in [0.2, 0.25) is 5.91 Å². The quantitative estimate of drug-likeness (QED) is 0.374. The number of nitrogens with zero attached hydrogens (tertiary/aromatic N) is 1. The fraction of sp³-hybridized carbons (Fsp3) is 0.333. The highest BCUT2D eigenvalue weighted by molar-refractivity contribution is 5.94. The highest BCUT2D eigenvalue weighted by Crippen LogP contribution is 2.29. The van der Waals surface area contributed by atoms with Gasteiger partial charge in [-0.1, -0.05) is 48.2 Å².